The van der Waals surface area contributed by atoms with Crippen molar-refractivity contribution in [3.8, 4) is 0 Å². The lowest BCUT2D eigenvalue weighted by atomic mass is 9.97. The molecular weight excluding hydrogens is 454 g/mol. The molecule has 0 saturated carbocycles. The van der Waals surface area contributed by atoms with Crippen LogP contribution in [0.1, 0.15) is 41.4 Å². The van der Waals surface area contributed by atoms with Crippen molar-refractivity contribution in [1.82, 2.24) is 16.0 Å². The molecule has 0 spiro atoms. The van der Waals surface area contributed by atoms with Crippen LogP contribution in [0.25, 0.3) is 0 Å². The first kappa shape index (κ1) is 23.5. The number of alkyl carbamates (subject to hydrolysis) is 1. The molecule has 0 bridgehead atoms. The summed E-state index contributed by atoms with van der Waals surface area (Å²) in [5, 5.41) is 17.3. The lowest BCUT2D eigenvalue weighted by Gasteiger charge is -2.27. The Morgan fingerprint density at radius 2 is 1.94 bits per heavy atom. The van der Waals surface area contributed by atoms with Crippen molar-refractivity contribution < 1.29 is 39.9 Å². The maximum absolute atomic E-state index is 13.0. The molecule has 1 fully saturated rings. The van der Waals surface area contributed by atoms with Gasteiger partial charge in [0.25, 0.3) is 10.1 Å². The first-order valence-corrected chi connectivity index (χ1v) is 12.0. The molecule has 2 rings (SSSR count). The summed E-state index contributed by atoms with van der Waals surface area (Å²) < 4.78 is 53.3. The van der Waals surface area contributed by atoms with E-state index >= 15 is 0 Å². The summed E-state index contributed by atoms with van der Waals surface area (Å²) in [5.74, 6) is -2.11. The number of aliphatic hydroxyl groups excluding tert-OH is 1. The van der Waals surface area contributed by atoms with E-state index in [1.165, 1.54) is 12.1 Å². The molecule has 0 aliphatic carbocycles. The van der Waals surface area contributed by atoms with Crippen molar-refractivity contribution in [2.24, 2.45) is 11.8 Å². The molecule has 5 N–H and O–H groups in total. The standard InChI is InChI=1S/C21H31N3O8S/c1-13(2)10-16(24-21(28)32-12-14-6-4-3-5-7-14)19(26)23-17(20(27)33(29,30)31)11-15-8-9-22-18(15)25/h3-7,13,15-17,20,27H,8-12H2,1-2H3,(H,22,25)(H,23,26)(H,24,28)(H,29,30,31)/t15-,16-,17-,20?/m0/s1/i12D2. The average molecular weight is 488 g/mol. The van der Waals surface area contributed by atoms with Crippen LogP contribution in [0.5, 0.6) is 0 Å². The zero-order valence-corrected chi connectivity index (χ0v) is 19.2. The number of aliphatic hydroxyl groups is 1. The average Bonchev–Trinajstić information content (AvgIpc) is 3.15. The Bertz CT molecular complexity index is 1010. The number of nitrogens with one attached hydrogen (secondary N) is 3. The highest BCUT2D eigenvalue weighted by molar-refractivity contribution is 7.86. The first-order valence-electron chi connectivity index (χ1n) is 11.5. The van der Waals surface area contributed by atoms with Gasteiger partial charge in [-0.1, -0.05) is 44.2 Å². The minimum Gasteiger partial charge on any atom is -0.445 e. The van der Waals surface area contributed by atoms with E-state index in [4.69, 9.17) is 7.48 Å². The summed E-state index contributed by atoms with van der Waals surface area (Å²) >= 11 is 0. The summed E-state index contributed by atoms with van der Waals surface area (Å²) in [6.45, 7) is 1.36. The summed E-state index contributed by atoms with van der Waals surface area (Å²) in [6, 6.07) is 4.80. The molecule has 0 radical (unpaired) electrons. The molecule has 1 unspecified atom stereocenters. The molecule has 33 heavy (non-hydrogen) atoms. The highest BCUT2D eigenvalue weighted by Gasteiger charge is 2.37. The second-order valence-electron chi connectivity index (χ2n) is 8.22. The molecule has 1 aliphatic rings. The molecule has 12 heteroatoms. The fourth-order valence-corrected chi connectivity index (χ4v) is 3.99. The minimum atomic E-state index is -4.99. The van der Waals surface area contributed by atoms with Crippen LogP contribution >= 0.6 is 0 Å². The lowest BCUT2D eigenvalue weighted by molar-refractivity contribution is -0.126. The van der Waals surface area contributed by atoms with Gasteiger partial charge in [0.2, 0.25) is 17.3 Å². The smallest absolute Gasteiger partial charge is 0.408 e. The van der Waals surface area contributed by atoms with Gasteiger partial charge in [-0.05, 0) is 30.7 Å². The molecule has 1 aliphatic heterocycles. The van der Waals surface area contributed by atoms with E-state index in [0.717, 1.165) is 0 Å². The molecule has 1 aromatic rings. The maximum Gasteiger partial charge on any atom is 0.408 e. The molecule has 1 aromatic carbocycles. The van der Waals surface area contributed by atoms with Crippen LogP contribution in [0.4, 0.5) is 4.79 Å². The highest BCUT2D eigenvalue weighted by Crippen LogP contribution is 2.20. The number of amides is 3. The zero-order chi connectivity index (χ0) is 26.4. The Morgan fingerprint density at radius 1 is 1.27 bits per heavy atom. The van der Waals surface area contributed by atoms with Crippen molar-refractivity contribution >= 4 is 28.0 Å². The van der Waals surface area contributed by atoms with Gasteiger partial charge in [-0.15, -0.1) is 0 Å². The van der Waals surface area contributed by atoms with E-state index in [9.17, 15) is 32.5 Å². The van der Waals surface area contributed by atoms with Crippen LogP contribution in [-0.2, 0) is 31.0 Å². The van der Waals surface area contributed by atoms with Crippen LogP contribution in [0.2, 0.25) is 0 Å². The molecule has 11 nitrogen and oxygen atoms in total. The molecule has 0 aromatic heterocycles. The van der Waals surface area contributed by atoms with Crippen molar-refractivity contribution in [2.45, 2.75) is 57.2 Å². The first-order chi connectivity index (χ1) is 16.2. The Labute approximate surface area is 195 Å². The van der Waals surface area contributed by atoms with Crippen molar-refractivity contribution in [1.29, 1.82) is 0 Å². The van der Waals surface area contributed by atoms with Crippen LogP contribution in [0.3, 0.4) is 0 Å². The predicted molar refractivity (Wildman–Crippen MR) is 118 cm³/mol. The van der Waals surface area contributed by atoms with Gasteiger partial charge in [0.1, 0.15) is 12.6 Å². The minimum absolute atomic E-state index is 0.0634. The van der Waals surface area contributed by atoms with Crippen molar-refractivity contribution in [2.75, 3.05) is 6.54 Å². The number of hydrogen-bond acceptors (Lipinski definition) is 7. The third-order valence-corrected chi connectivity index (χ3v) is 5.97. The van der Waals surface area contributed by atoms with E-state index < -0.39 is 52.1 Å². The number of benzene rings is 1. The second-order valence-corrected chi connectivity index (χ2v) is 9.73. The van der Waals surface area contributed by atoms with Gasteiger partial charge in [-0.3, -0.25) is 14.1 Å². The molecule has 3 amide bonds. The summed E-state index contributed by atoms with van der Waals surface area (Å²) in [5.41, 5.74) is -2.33. The fraction of sp³-hybridized carbons (Fsp3) is 0.571. The Hall–Kier alpha value is -2.70. The summed E-state index contributed by atoms with van der Waals surface area (Å²) in [7, 11) is -4.99. The largest absolute Gasteiger partial charge is 0.445 e. The maximum atomic E-state index is 13.0. The number of carbonyl (C=O) groups excluding carboxylic acids is 3. The normalized spacial score (nSPS) is 20.2. The van der Waals surface area contributed by atoms with Gasteiger partial charge < -0.3 is 25.8 Å². The second kappa shape index (κ2) is 12.0. The van der Waals surface area contributed by atoms with Gasteiger partial charge in [0, 0.05) is 12.5 Å². The van der Waals surface area contributed by atoms with Gasteiger partial charge in [-0.2, -0.15) is 8.42 Å². The molecule has 4 atom stereocenters. The van der Waals surface area contributed by atoms with Gasteiger partial charge in [-0.25, -0.2) is 4.79 Å². The Balaban J connectivity index is 2.16. The van der Waals surface area contributed by atoms with E-state index in [0.29, 0.717) is 13.0 Å². The fourth-order valence-electron chi connectivity index (χ4n) is 3.40. The van der Waals surface area contributed by atoms with E-state index in [1.807, 2.05) is 0 Å². The third-order valence-electron chi connectivity index (χ3n) is 5.03. The van der Waals surface area contributed by atoms with E-state index in [-0.39, 0.29) is 30.2 Å². The third kappa shape index (κ3) is 8.63. The lowest BCUT2D eigenvalue weighted by Crippen LogP contribution is -2.54. The summed E-state index contributed by atoms with van der Waals surface area (Å²) in [4.78, 5) is 37.3. The quantitative estimate of drug-likeness (QED) is 0.282. The SMILES string of the molecule is [2H]C([2H])(OC(=O)N[C@@H](CC(C)C)C(=O)N[C@@H](C[C@@H]1CCNC1=O)C(O)S(=O)(=O)O)c1ccccc1. The highest BCUT2D eigenvalue weighted by atomic mass is 32.2. The number of rotatable bonds is 11. The van der Waals surface area contributed by atoms with Crippen LogP contribution in [0.15, 0.2) is 30.3 Å². The van der Waals surface area contributed by atoms with Gasteiger partial charge >= 0.3 is 6.09 Å². The number of carbonyl (C=O) groups is 3. The monoisotopic (exact) mass is 487 g/mol. The number of hydrogen-bond donors (Lipinski definition) is 5. The zero-order valence-electron chi connectivity index (χ0n) is 20.4. The van der Waals surface area contributed by atoms with Crippen molar-refractivity contribution in [3.05, 3.63) is 35.9 Å². The molecule has 1 heterocycles. The molecule has 184 valence electrons. The Morgan fingerprint density at radius 3 is 2.48 bits per heavy atom. The van der Waals surface area contributed by atoms with Crippen LogP contribution < -0.4 is 16.0 Å². The van der Waals surface area contributed by atoms with Crippen molar-refractivity contribution in [3.63, 3.8) is 0 Å². The molecular formula is C21H31N3O8S. The van der Waals surface area contributed by atoms with Gasteiger partial charge in [0.15, 0.2) is 0 Å². The van der Waals surface area contributed by atoms with E-state index in [2.05, 4.69) is 16.0 Å². The summed E-state index contributed by atoms with van der Waals surface area (Å²) in [6.07, 6.45) is -1.10. The number of ether oxygens (including phenoxy) is 1. The van der Waals surface area contributed by atoms with E-state index in [1.54, 1.807) is 32.0 Å². The predicted octanol–water partition coefficient (Wildman–Crippen LogP) is 0.545. The van der Waals surface area contributed by atoms with Crippen LogP contribution in [0, 0.1) is 11.8 Å². The van der Waals surface area contributed by atoms with Gasteiger partial charge in [0.05, 0.1) is 8.78 Å². The topological polar surface area (TPSA) is 171 Å². The molecule has 1 saturated heterocycles. The van der Waals surface area contributed by atoms with Crippen LogP contribution in [-0.4, -0.2) is 60.0 Å². The Kier molecular flexibility index (Phi) is 8.50.